The minimum Gasteiger partial charge on any atom is -0.488 e. The molecule has 1 fully saturated rings. The van der Waals surface area contributed by atoms with Crippen LogP contribution < -0.4 is 4.74 Å². The number of aliphatic carboxylic acids is 1. The molecule has 1 atom stereocenters. The molecule has 0 aliphatic carbocycles. The largest absolute Gasteiger partial charge is 0.488 e. The van der Waals surface area contributed by atoms with E-state index in [4.69, 9.17) is 9.47 Å². The van der Waals surface area contributed by atoms with Crippen molar-refractivity contribution < 1.29 is 32.5 Å². The molecule has 4 aromatic rings. The molecule has 2 aliphatic rings. The molecule has 42 heavy (non-hydrogen) atoms. The number of ether oxygens (including phenoxy) is 2. The van der Waals surface area contributed by atoms with Gasteiger partial charge >= 0.3 is 5.97 Å². The summed E-state index contributed by atoms with van der Waals surface area (Å²) in [7, 11) is 0. The number of hydrogen-bond donors (Lipinski definition) is 1. The topological polar surface area (TPSA) is 63.9 Å². The fourth-order valence-corrected chi connectivity index (χ4v) is 6.45. The van der Waals surface area contributed by atoms with Gasteiger partial charge in [0.15, 0.2) is 11.6 Å². The third-order valence-electron chi connectivity index (χ3n) is 8.71. The van der Waals surface area contributed by atoms with Gasteiger partial charge in [0, 0.05) is 53.0 Å². The van der Waals surface area contributed by atoms with Crippen LogP contribution in [-0.4, -0.2) is 46.3 Å². The van der Waals surface area contributed by atoms with E-state index in [1.54, 1.807) is 6.92 Å². The molecule has 1 unspecified atom stereocenters. The molecule has 0 saturated carbocycles. The molecule has 6 nitrogen and oxygen atoms in total. The zero-order valence-corrected chi connectivity index (χ0v) is 23.8. The molecule has 0 amide bonds. The minimum atomic E-state index is -1.00. The summed E-state index contributed by atoms with van der Waals surface area (Å²) in [5.74, 6) is -3.06. The summed E-state index contributed by atoms with van der Waals surface area (Å²) in [6, 6.07) is 15.3. The number of carbonyl (C=O) groups is 1. The lowest BCUT2D eigenvalue weighted by Gasteiger charge is -2.49. The molecule has 0 bridgehead atoms. The highest BCUT2D eigenvalue weighted by Crippen LogP contribution is 2.54. The van der Waals surface area contributed by atoms with Gasteiger partial charge in [-0.15, -0.1) is 0 Å². The second-order valence-electron chi connectivity index (χ2n) is 11.9. The highest BCUT2D eigenvalue weighted by Gasteiger charge is 2.50. The predicted octanol–water partition coefficient (Wildman–Crippen LogP) is 6.70. The third kappa shape index (κ3) is 4.74. The summed E-state index contributed by atoms with van der Waals surface area (Å²) < 4.78 is 58.9. The van der Waals surface area contributed by atoms with Crippen molar-refractivity contribution in [2.24, 2.45) is 0 Å². The number of nitrogens with zero attached hydrogens (tertiary/aromatic N) is 2. The van der Waals surface area contributed by atoms with Crippen LogP contribution in [0.1, 0.15) is 50.4 Å². The van der Waals surface area contributed by atoms with Gasteiger partial charge in [0.2, 0.25) is 0 Å². The number of carboxylic acid groups (broad SMARTS) is 1. The van der Waals surface area contributed by atoms with Crippen LogP contribution in [0.4, 0.5) is 13.2 Å². The minimum absolute atomic E-state index is 0.200. The zero-order valence-electron chi connectivity index (χ0n) is 23.8. The van der Waals surface area contributed by atoms with Crippen molar-refractivity contribution in [3.63, 3.8) is 0 Å². The van der Waals surface area contributed by atoms with Crippen LogP contribution in [0, 0.1) is 17.5 Å². The van der Waals surface area contributed by atoms with Crippen LogP contribution >= 0.6 is 0 Å². The van der Waals surface area contributed by atoms with Gasteiger partial charge in [0.1, 0.15) is 24.2 Å². The second kappa shape index (κ2) is 10.5. The van der Waals surface area contributed by atoms with E-state index in [9.17, 15) is 18.7 Å². The maximum Gasteiger partial charge on any atom is 0.320 e. The van der Waals surface area contributed by atoms with Gasteiger partial charge in [-0.05, 0) is 43.5 Å². The smallest absolute Gasteiger partial charge is 0.320 e. The Hall–Kier alpha value is -3.82. The van der Waals surface area contributed by atoms with Crippen molar-refractivity contribution >= 4 is 16.9 Å². The summed E-state index contributed by atoms with van der Waals surface area (Å²) in [6.07, 6.45) is 1.00. The molecule has 1 aromatic heterocycles. The van der Waals surface area contributed by atoms with Gasteiger partial charge < -0.3 is 19.1 Å². The molecule has 1 saturated heterocycles. The van der Waals surface area contributed by atoms with Gasteiger partial charge in [0.25, 0.3) is 0 Å². The van der Waals surface area contributed by atoms with E-state index in [2.05, 4.69) is 0 Å². The number of carboxylic acids is 1. The zero-order chi connectivity index (χ0) is 29.8. The van der Waals surface area contributed by atoms with E-state index in [0.717, 1.165) is 29.0 Å². The maximum atomic E-state index is 15.3. The summed E-state index contributed by atoms with van der Waals surface area (Å²) in [4.78, 5) is 13.6. The van der Waals surface area contributed by atoms with Crippen molar-refractivity contribution in [3.05, 3.63) is 94.9 Å². The quantitative estimate of drug-likeness (QED) is 0.276. The lowest BCUT2D eigenvalue weighted by atomic mass is 9.73. The first-order valence-electron chi connectivity index (χ1n) is 14.1. The number of benzene rings is 3. The number of rotatable bonds is 6. The van der Waals surface area contributed by atoms with E-state index in [1.807, 2.05) is 53.6 Å². The molecular formula is C33H33F3N2O4. The molecule has 9 heteroatoms. The van der Waals surface area contributed by atoms with Gasteiger partial charge in [-0.3, -0.25) is 9.69 Å². The van der Waals surface area contributed by atoms with Crippen molar-refractivity contribution in [3.8, 4) is 11.4 Å². The first kappa shape index (κ1) is 28.3. The molecule has 2 aliphatic heterocycles. The molecule has 3 heterocycles. The molecular weight excluding hydrogens is 545 g/mol. The third-order valence-corrected chi connectivity index (χ3v) is 8.71. The molecule has 1 spiro atoms. The Morgan fingerprint density at radius 2 is 1.74 bits per heavy atom. The normalized spacial score (nSPS) is 18.6. The van der Waals surface area contributed by atoms with Crippen molar-refractivity contribution in [2.75, 3.05) is 19.7 Å². The fourth-order valence-electron chi connectivity index (χ4n) is 6.45. The maximum absolute atomic E-state index is 15.3. The lowest BCUT2D eigenvalue weighted by molar-refractivity contribution is -0.148. The SMILES string of the molecule is CC(C(=O)O)N1CCC2(CC1)OCC(C)(C)c1c2c2c(OCc3ccccc3)cc(F)cc2n1-c1ccc(F)c(F)c1. The van der Waals surface area contributed by atoms with E-state index >= 15 is 4.39 Å². The highest BCUT2D eigenvalue weighted by molar-refractivity contribution is 5.94. The monoisotopic (exact) mass is 578 g/mol. The van der Waals surface area contributed by atoms with Crippen LogP contribution in [0.25, 0.3) is 16.6 Å². The van der Waals surface area contributed by atoms with Crippen LogP contribution in [0.15, 0.2) is 60.7 Å². The van der Waals surface area contributed by atoms with E-state index in [0.29, 0.717) is 54.9 Å². The fraction of sp³-hybridized carbons (Fsp3) is 0.364. The van der Waals surface area contributed by atoms with Gasteiger partial charge in [0.05, 0.1) is 17.7 Å². The number of hydrogen-bond acceptors (Lipinski definition) is 4. The van der Waals surface area contributed by atoms with E-state index in [-0.39, 0.29) is 6.61 Å². The molecule has 6 rings (SSSR count). The lowest BCUT2D eigenvalue weighted by Crippen LogP contribution is -2.53. The Balaban J connectivity index is 1.60. The Kier molecular flexibility index (Phi) is 7.06. The molecule has 3 aromatic carbocycles. The molecule has 0 radical (unpaired) electrons. The Morgan fingerprint density at radius 1 is 1.02 bits per heavy atom. The Morgan fingerprint density at radius 3 is 2.40 bits per heavy atom. The number of fused-ring (bicyclic) bond motifs is 4. The number of halogens is 3. The average Bonchev–Trinajstić information content (AvgIpc) is 3.33. The average molecular weight is 579 g/mol. The Labute approximate surface area is 242 Å². The van der Waals surface area contributed by atoms with Crippen molar-refractivity contribution in [1.29, 1.82) is 0 Å². The number of piperidine rings is 1. The van der Waals surface area contributed by atoms with Gasteiger partial charge in [-0.1, -0.05) is 44.2 Å². The van der Waals surface area contributed by atoms with Crippen LogP contribution in [0.3, 0.4) is 0 Å². The molecule has 220 valence electrons. The highest BCUT2D eigenvalue weighted by atomic mass is 19.2. The van der Waals surface area contributed by atoms with Crippen LogP contribution in [0.5, 0.6) is 5.75 Å². The summed E-state index contributed by atoms with van der Waals surface area (Å²) in [5.41, 5.74) is 1.96. The predicted molar refractivity (Wildman–Crippen MR) is 152 cm³/mol. The number of likely N-dealkylation sites (tertiary alicyclic amines) is 1. The van der Waals surface area contributed by atoms with E-state index in [1.165, 1.54) is 18.2 Å². The van der Waals surface area contributed by atoms with Crippen molar-refractivity contribution in [1.82, 2.24) is 9.47 Å². The first-order chi connectivity index (χ1) is 20.0. The summed E-state index contributed by atoms with van der Waals surface area (Å²) in [6.45, 7) is 7.18. The van der Waals surface area contributed by atoms with Crippen molar-refractivity contribution in [2.45, 2.75) is 57.3 Å². The first-order valence-corrected chi connectivity index (χ1v) is 14.1. The Bertz CT molecular complexity index is 1660. The number of aromatic nitrogens is 1. The van der Waals surface area contributed by atoms with Gasteiger partial charge in [-0.2, -0.15) is 0 Å². The second-order valence-corrected chi connectivity index (χ2v) is 11.9. The van der Waals surface area contributed by atoms with E-state index < -0.39 is 40.5 Å². The summed E-state index contributed by atoms with van der Waals surface area (Å²) >= 11 is 0. The van der Waals surface area contributed by atoms with Gasteiger partial charge in [-0.25, -0.2) is 13.2 Å². The molecule has 1 N–H and O–H groups in total. The van der Waals surface area contributed by atoms with Crippen LogP contribution in [-0.2, 0) is 27.2 Å². The van der Waals surface area contributed by atoms with Crippen LogP contribution in [0.2, 0.25) is 0 Å². The summed E-state index contributed by atoms with van der Waals surface area (Å²) in [5, 5.41) is 10.3. The standard InChI is InChI=1S/C33H33F3N2O4/c1-20(31(39)40)37-13-11-33(12-14-37)29-28-26(15-22(34)16-27(28)41-18-21-7-5-4-6-8-21)38(30(29)32(2,3)19-42-33)23-9-10-24(35)25(36)17-23/h4-10,15-17,20H,11-14,18-19H2,1-3H3,(H,39,40).